The number of ether oxygens (including phenoxy) is 2. The maximum absolute atomic E-state index is 13.6. The lowest BCUT2D eigenvalue weighted by molar-refractivity contribution is -0.885. The van der Waals surface area contributed by atoms with Crippen LogP contribution in [0, 0.1) is 5.21 Å². The smallest absolute Gasteiger partial charge is 0.410 e. The highest BCUT2D eigenvalue weighted by Crippen LogP contribution is 2.31. The Balaban J connectivity index is 1.59. The van der Waals surface area contributed by atoms with Crippen molar-refractivity contribution in [3.05, 3.63) is 33.7 Å². The van der Waals surface area contributed by atoms with Crippen molar-refractivity contribution >= 4 is 49.8 Å². The Kier molecular flexibility index (Phi) is 7.23. The molecule has 1 aliphatic heterocycles. The first kappa shape index (κ1) is 25.6. The number of anilines is 1. The minimum Gasteiger partial charge on any atom is -0.633 e. The molecular formula is C24H33BrN6O4. The Labute approximate surface area is 213 Å². The van der Waals surface area contributed by atoms with Gasteiger partial charge >= 0.3 is 6.09 Å². The van der Waals surface area contributed by atoms with Gasteiger partial charge in [-0.25, -0.2) is 14.8 Å². The molecule has 0 atom stereocenters. The van der Waals surface area contributed by atoms with Crippen molar-refractivity contribution in [2.75, 3.05) is 45.1 Å². The van der Waals surface area contributed by atoms with E-state index in [9.17, 15) is 10.0 Å². The first-order valence-electron chi connectivity index (χ1n) is 11.9. The molecule has 2 aromatic heterocycles. The number of pyridine rings is 1. The van der Waals surface area contributed by atoms with Crippen LogP contribution < -0.4 is 5.73 Å². The van der Waals surface area contributed by atoms with Gasteiger partial charge in [0, 0.05) is 16.5 Å². The first-order valence-corrected chi connectivity index (χ1v) is 12.7. The molecule has 3 heterocycles. The van der Waals surface area contributed by atoms with Crippen LogP contribution in [0.2, 0.25) is 0 Å². The van der Waals surface area contributed by atoms with Gasteiger partial charge in [-0.15, -0.1) is 0 Å². The molecule has 11 heteroatoms. The van der Waals surface area contributed by atoms with E-state index in [0.29, 0.717) is 69.6 Å². The van der Waals surface area contributed by atoms with E-state index < -0.39 is 10.2 Å². The normalized spacial score (nSPS) is 16.2. The van der Waals surface area contributed by atoms with Gasteiger partial charge in [-0.1, -0.05) is 15.9 Å². The SMILES string of the molecule is CCOCc1nc2c(N)nc3cc(Br)ccc3c2n1CC[N+]1([O-])CCN(C(=O)OC(C)(C)C)CC1. The number of quaternary nitrogens is 1. The molecule has 0 saturated carbocycles. The third-order valence-corrected chi connectivity index (χ3v) is 6.61. The second-order valence-electron chi connectivity index (χ2n) is 9.87. The average molecular weight is 549 g/mol. The molecule has 1 fully saturated rings. The minimum absolute atomic E-state index is 0.310. The highest BCUT2D eigenvalue weighted by molar-refractivity contribution is 9.10. The summed E-state index contributed by atoms with van der Waals surface area (Å²) >= 11 is 3.50. The van der Waals surface area contributed by atoms with Crippen molar-refractivity contribution < 1.29 is 18.9 Å². The van der Waals surface area contributed by atoms with Crippen molar-refractivity contribution in [3.63, 3.8) is 0 Å². The van der Waals surface area contributed by atoms with Gasteiger partial charge in [0.25, 0.3) is 0 Å². The summed E-state index contributed by atoms with van der Waals surface area (Å²) in [5, 5.41) is 14.5. The average Bonchev–Trinajstić information content (AvgIpc) is 3.14. The van der Waals surface area contributed by atoms with E-state index in [1.807, 2.05) is 50.5 Å². The number of halogens is 1. The number of hydroxylamine groups is 3. The van der Waals surface area contributed by atoms with Gasteiger partial charge in [0.1, 0.15) is 23.5 Å². The summed E-state index contributed by atoms with van der Waals surface area (Å²) in [6.45, 7) is 10.4. The predicted molar refractivity (Wildman–Crippen MR) is 139 cm³/mol. The Morgan fingerprint density at radius 2 is 1.97 bits per heavy atom. The molecule has 0 unspecified atom stereocenters. The predicted octanol–water partition coefficient (Wildman–Crippen LogP) is 4.03. The third-order valence-electron chi connectivity index (χ3n) is 6.12. The largest absolute Gasteiger partial charge is 0.633 e. The Morgan fingerprint density at radius 3 is 2.63 bits per heavy atom. The van der Waals surface area contributed by atoms with E-state index in [4.69, 9.17) is 20.2 Å². The lowest BCUT2D eigenvalue weighted by Gasteiger charge is -2.48. The fourth-order valence-electron chi connectivity index (χ4n) is 4.32. The third kappa shape index (κ3) is 5.69. The number of aromatic nitrogens is 3. The van der Waals surface area contributed by atoms with Gasteiger partial charge in [0.15, 0.2) is 5.82 Å². The molecule has 1 aliphatic rings. The monoisotopic (exact) mass is 548 g/mol. The fraction of sp³-hybridized carbons (Fsp3) is 0.542. The van der Waals surface area contributed by atoms with Crippen LogP contribution in [0.1, 0.15) is 33.5 Å². The molecule has 0 aliphatic carbocycles. The molecule has 1 amide bonds. The lowest BCUT2D eigenvalue weighted by atomic mass is 10.2. The van der Waals surface area contributed by atoms with E-state index in [0.717, 1.165) is 20.9 Å². The quantitative estimate of drug-likeness (QED) is 0.364. The standard InChI is InChI=1S/C24H33BrN6O4/c1-5-34-15-19-28-20-21(17-7-6-16(25)14-18(17)27-22(20)26)30(19)10-13-31(33)11-8-29(9-12-31)23(32)35-24(2,3)4/h6-7,14H,5,8-13,15H2,1-4H3,(H2,26,27). The number of nitrogens with two attached hydrogens (primary N) is 1. The highest BCUT2D eigenvalue weighted by Gasteiger charge is 2.31. The molecule has 0 bridgehead atoms. The number of imidazole rings is 1. The van der Waals surface area contributed by atoms with Crippen molar-refractivity contribution in [2.24, 2.45) is 0 Å². The topological polar surface area (TPSA) is 119 Å². The number of rotatable bonds is 6. The molecule has 190 valence electrons. The summed E-state index contributed by atoms with van der Waals surface area (Å²) in [6, 6.07) is 5.86. The van der Waals surface area contributed by atoms with Crippen LogP contribution in [0.3, 0.4) is 0 Å². The summed E-state index contributed by atoms with van der Waals surface area (Å²) in [5.74, 6) is 1.06. The second kappa shape index (κ2) is 9.88. The minimum atomic E-state index is -0.563. The number of piperazine rings is 1. The fourth-order valence-corrected chi connectivity index (χ4v) is 4.67. The van der Waals surface area contributed by atoms with Crippen LogP contribution >= 0.6 is 15.9 Å². The van der Waals surface area contributed by atoms with E-state index in [1.54, 1.807) is 4.90 Å². The summed E-state index contributed by atoms with van der Waals surface area (Å²) in [5.41, 5.74) is 7.94. The van der Waals surface area contributed by atoms with Crippen molar-refractivity contribution in [2.45, 2.75) is 46.4 Å². The Morgan fingerprint density at radius 1 is 1.26 bits per heavy atom. The number of carbonyl (C=O) groups excluding carboxylic acids is 1. The maximum Gasteiger partial charge on any atom is 0.410 e. The van der Waals surface area contributed by atoms with Crippen molar-refractivity contribution in [3.8, 4) is 0 Å². The van der Waals surface area contributed by atoms with Crippen LogP contribution in [-0.2, 0) is 22.6 Å². The zero-order valence-electron chi connectivity index (χ0n) is 20.7. The van der Waals surface area contributed by atoms with Gasteiger partial charge in [0.05, 0.1) is 50.3 Å². The number of benzene rings is 1. The molecule has 0 radical (unpaired) electrons. The summed E-state index contributed by atoms with van der Waals surface area (Å²) < 4.78 is 13.7. The van der Waals surface area contributed by atoms with E-state index in [-0.39, 0.29) is 6.09 Å². The second-order valence-corrected chi connectivity index (χ2v) is 10.8. The molecule has 1 saturated heterocycles. The molecule has 2 N–H and O–H groups in total. The number of nitrogens with zero attached hydrogens (tertiary/aromatic N) is 5. The molecular weight excluding hydrogens is 516 g/mol. The molecule has 3 aromatic rings. The number of hydrogen-bond donors (Lipinski definition) is 1. The van der Waals surface area contributed by atoms with Gasteiger partial charge in [-0.2, -0.15) is 0 Å². The first-order chi connectivity index (χ1) is 16.5. The maximum atomic E-state index is 13.6. The number of amides is 1. The zero-order chi connectivity index (χ0) is 25.4. The molecule has 4 rings (SSSR count). The summed E-state index contributed by atoms with van der Waals surface area (Å²) in [7, 11) is 0. The van der Waals surface area contributed by atoms with Crippen LogP contribution in [0.5, 0.6) is 0 Å². The van der Waals surface area contributed by atoms with E-state index in [1.165, 1.54) is 0 Å². The molecule has 1 aromatic carbocycles. The molecule has 10 nitrogen and oxygen atoms in total. The zero-order valence-corrected chi connectivity index (χ0v) is 22.3. The molecule has 35 heavy (non-hydrogen) atoms. The van der Waals surface area contributed by atoms with Crippen molar-refractivity contribution in [1.82, 2.24) is 19.4 Å². The van der Waals surface area contributed by atoms with Gasteiger partial charge in [-0.3, -0.25) is 4.90 Å². The van der Waals surface area contributed by atoms with Gasteiger partial charge in [-0.05, 0) is 45.9 Å². The molecule has 0 spiro atoms. The Bertz CT molecular complexity index is 1230. The highest BCUT2D eigenvalue weighted by atomic mass is 79.9. The van der Waals surface area contributed by atoms with Gasteiger partial charge < -0.3 is 29.6 Å². The van der Waals surface area contributed by atoms with Crippen molar-refractivity contribution in [1.29, 1.82) is 0 Å². The van der Waals surface area contributed by atoms with E-state index in [2.05, 4.69) is 20.9 Å². The Hall–Kier alpha value is -2.47. The van der Waals surface area contributed by atoms with Crippen LogP contribution in [-0.4, -0.2) is 75.1 Å². The number of fused-ring (bicyclic) bond motifs is 3. The lowest BCUT2D eigenvalue weighted by Crippen LogP contribution is -2.58. The van der Waals surface area contributed by atoms with Crippen LogP contribution in [0.15, 0.2) is 22.7 Å². The van der Waals surface area contributed by atoms with Crippen LogP contribution in [0.25, 0.3) is 21.9 Å². The number of nitrogen functional groups attached to an aromatic ring is 1. The summed E-state index contributed by atoms with van der Waals surface area (Å²) in [4.78, 5) is 23.3. The number of hydrogen-bond acceptors (Lipinski definition) is 7. The van der Waals surface area contributed by atoms with Gasteiger partial charge in [0.2, 0.25) is 0 Å². The number of carbonyl (C=O) groups is 1. The summed E-state index contributed by atoms with van der Waals surface area (Å²) in [6.07, 6.45) is -0.371. The van der Waals surface area contributed by atoms with E-state index >= 15 is 0 Å². The van der Waals surface area contributed by atoms with Crippen LogP contribution in [0.4, 0.5) is 10.6 Å².